The number of phenolic OH excluding ortho intramolecular Hbond substituents is 1. The van der Waals surface area contributed by atoms with Crippen LogP contribution in [-0.4, -0.2) is 51.3 Å². The number of anilines is 2. The third-order valence-electron chi connectivity index (χ3n) is 10.4. The number of hydrogen-bond acceptors (Lipinski definition) is 8. The molecule has 3 N–H and O–H groups in total. The summed E-state index contributed by atoms with van der Waals surface area (Å²) in [5, 5.41) is 30.4. The second-order valence-electron chi connectivity index (χ2n) is 13.0. The molecule has 4 amide bonds. The predicted octanol–water partition coefficient (Wildman–Crippen LogP) is 5.92. The van der Waals surface area contributed by atoms with Crippen molar-refractivity contribution in [3.05, 3.63) is 88.2 Å². The lowest BCUT2D eigenvalue weighted by molar-refractivity contribution is -0.274. The number of hydrogen-bond donors (Lipinski definition) is 3. The van der Waals surface area contributed by atoms with E-state index < -0.39 is 105 Å². The zero-order valence-electron chi connectivity index (χ0n) is 26.1. The number of halogens is 5. The van der Waals surface area contributed by atoms with Crippen molar-refractivity contribution >= 4 is 52.6 Å². The van der Waals surface area contributed by atoms with Gasteiger partial charge in [0.15, 0.2) is 0 Å². The molecule has 2 aliphatic carbocycles. The number of ether oxygens (including phenoxy) is 1. The fraction of sp³-hybridized carbons (Fsp3) is 0.286. The number of carbonyl (C=O) groups excluding carboxylic acids is 4. The van der Waals surface area contributed by atoms with E-state index in [1.807, 2.05) is 0 Å². The molecule has 0 aromatic heterocycles. The zero-order chi connectivity index (χ0) is 36.9. The Labute approximate surface area is 290 Å². The van der Waals surface area contributed by atoms with Gasteiger partial charge in [0, 0.05) is 17.5 Å². The molecule has 1 saturated carbocycles. The van der Waals surface area contributed by atoms with Gasteiger partial charge in [0.05, 0.1) is 39.6 Å². The van der Waals surface area contributed by atoms with Gasteiger partial charge in [0.2, 0.25) is 23.6 Å². The van der Waals surface area contributed by atoms with Crippen molar-refractivity contribution in [1.82, 2.24) is 0 Å². The Morgan fingerprint density at radius 2 is 1.59 bits per heavy atom. The first-order valence-corrected chi connectivity index (χ1v) is 15.9. The molecule has 2 saturated heterocycles. The first-order chi connectivity index (χ1) is 23.9. The lowest BCUT2D eigenvalue weighted by Crippen LogP contribution is -2.49. The van der Waals surface area contributed by atoms with Crippen LogP contribution in [0.25, 0.3) is 0 Å². The predicted molar refractivity (Wildman–Crippen MR) is 168 cm³/mol. The van der Waals surface area contributed by atoms with E-state index in [0.717, 1.165) is 58.3 Å². The average Bonchev–Trinajstić information content (AvgIpc) is 3.42. The first-order valence-electron chi connectivity index (χ1n) is 15.5. The fourth-order valence-electron chi connectivity index (χ4n) is 8.28. The quantitative estimate of drug-likeness (QED) is 0.165. The normalized spacial score (nSPS) is 27.3. The number of phenols is 2. The minimum atomic E-state index is -5.12. The molecule has 11 nitrogen and oxygen atoms in total. The maximum absolute atomic E-state index is 14.5. The molecule has 51 heavy (non-hydrogen) atoms. The van der Waals surface area contributed by atoms with E-state index >= 15 is 0 Å². The maximum Gasteiger partial charge on any atom is 0.573 e. The molecule has 6 unspecified atom stereocenters. The molecule has 264 valence electrons. The highest BCUT2D eigenvalue weighted by molar-refractivity contribution is 6.32. The van der Waals surface area contributed by atoms with Crippen LogP contribution in [0.1, 0.15) is 41.6 Å². The van der Waals surface area contributed by atoms with E-state index in [-0.39, 0.29) is 29.8 Å². The van der Waals surface area contributed by atoms with E-state index in [1.54, 1.807) is 6.08 Å². The van der Waals surface area contributed by atoms with E-state index in [9.17, 15) is 56.9 Å². The molecule has 3 aromatic rings. The summed E-state index contributed by atoms with van der Waals surface area (Å²) in [6, 6.07) is 9.07. The summed E-state index contributed by atoms with van der Waals surface area (Å²) in [5.74, 6) is -12.9. The minimum absolute atomic E-state index is 0.0765. The fourth-order valence-corrected chi connectivity index (χ4v) is 8.46. The number of rotatable bonds is 5. The van der Waals surface area contributed by atoms with Gasteiger partial charge < -0.3 is 20.1 Å². The van der Waals surface area contributed by atoms with Crippen LogP contribution in [0.5, 0.6) is 17.2 Å². The first kappa shape index (κ1) is 34.0. The zero-order valence-corrected chi connectivity index (χ0v) is 26.9. The Balaban J connectivity index is 1.37. The molecule has 0 bridgehead atoms. The Morgan fingerprint density at radius 3 is 2.24 bits per heavy atom. The van der Waals surface area contributed by atoms with Gasteiger partial charge in [-0.25, -0.2) is 19.0 Å². The summed E-state index contributed by atoms with van der Waals surface area (Å²) < 4.78 is 58.2. The van der Waals surface area contributed by atoms with Crippen LogP contribution in [0.4, 0.5) is 28.9 Å². The standard InChI is InChI=1S/C35H25ClF4N2O9/c1-34-22(30(46)42(33(34)50)14-3-8-24(37)23(36)10-14)13-20-17(28(34)21-12-16(4-9-25(21)43)51-35(38,39)40)6-7-19-27(20)31(47)41(29(19)45)15-2-5-18(32(48)49)26(44)11-15/h2-6,8-12,19-20,22,27-28,43-44H,7,13H2,1H3,(H,48,49). The van der Waals surface area contributed by atoms with Gasteiger partial charge >= 0.3 is 12.3 Å². The maximum atomic E-state index is 14.5. The van der Waals surface area contributed by atoms with Gasteiger partial charge in [0.25, 0.3) is 0 Å². The lowest BCUT2D eigenvalue weighted by Gasteiger charge is -2.49. The smallest absolute Gasteiger partial charge is 0.508 e. The summed E-state index contributed by atoms with van der Waals surface area (Å²) in [6.07, 6.45) is -3.79. The number of allylic oxidation sites excluding steroid dienone is 2. The number of carboxylic acids is 1. The molecule has 3 aromatic carbocycles. The SMILES string of the molecule is CC12C(=O)N(c3ccc(F)c(Cl)c3)C(=O)C1CC1C(=CCC3C(=O)N(c4ccc(C(=O)O)c(O)c4)C(=O)C31)C2c1cc(OC(F)(F)F)ccc1O. The van der Waals surface area contributed by atoms with Gasteiger partial charge in [-0.1, -0.05) is 23.3 Å². The summed E-state index contributed by atoms with van der Waals surface area (Å²) in [4.78, 5) is 69.8. The molecule has 2 heterocycles. The van der Waals surface area contributed by atoms with E-state index in [4.69, 9.17) is 11.6 Å². The summed E-state index contributed by atoms with van der Waals surface area (Å²) >= 11 is 5.99. The number of nitrogens with zero attached hydrogens (tertiary/aromatic N) is 2. The summed E-state index contributed by atoms with van der Waals surface area (Å²) in [7, 11) is 0. The largest absolute Gasteiger partial charge is 0.573 e. The molecule has 6 atom stereocenters. The van der Waals surface area contributed by atoms with Crippen molar-refractivity contribution in [2.24, 2.45) is 29.1 Å². The Hall–Kier alpha value is -5.44. The highest BCUT2D eigenvalue weighted by atomic mass is 35.5. The molecular weight excluding hydrogens is 704 g/mol. The monoisotopic (exact) mass is 728 g/mol. The van der Waals surface area contributed by atoms with Crippen molar-refractivity contribution in [3.8, 4) is 17.2 Å². The van der Waals surface area contributed by atoms with Gasteiger partial charge in [-0.3, -0.25) is 19.2 Å². The van der Waals surface area contributed by atoms with Crippen molar-refractivity contribution in [2.75, 3.05) is 9.80 Å². The van der Waals surface area contributed by atoms with Gasteiger partial charge in [-0.15, -0.1) is 13.2 Å². The van der Waals surface area contributed by atoms with E-state index in [0.29, 0.717) is 5.57 Å². The third kappa shape index (κ3) is 5.12. The number of aromatic carboxylic acids is 1. The molecular formula is C35H25ClF4N2O9. The molecule has 0 radical (unpaired) electrons. The molecule has 16 heteroatoms. The summed E-state index contributed by atoms with van der Waals surface area (Å²) in [6.45, 7) is 1.42. The molecule has 2 aliphatic heterocycles. The van der Waals surface area contributed by atoms with Crippen molar-refractivity contribution in [2.45, 2.75) is 32.0 Å². The van der Waals surface area contributed by atoms with Crippen molar-refractivity contribution in [1.29, 1.82) is 0 Å². The van der Waals surface area contributed by atoms with Crippen LogP contribution >= 0.6 is 11.6 Å². The molecule has 7 rings (SSSR count). The van der Waals surface area contributed by atoms with Crippen LogP contribution in [0, 0.1) is 34.9 Å². The highest BCUT2D eigenvalue weighted by Crippen LogP contribution is 2.64. The number of amides is 4. The number of carbonyl (C=O) groups is 5. The number of alkyl halides is 3. The van der Waals surface area contributed by atoms with E-state index in [1.165, 1.54) is 13.0 Å². The van der Waals surface area contributed by atoms with Crippen LogP contribution in [-0.2, 0) is 19.2 Å². The van der Waals surface area contributed by atoms with Crippen LogP contribution in [0.15, 0.2) is 66.2 Å². The van der Waals surface area contributed by atoms with Gasteiger partial charge in [-0.2, -0.15) is 0 Å². The Bertz CT molecular complexity index is 2120. The number of carboxylic acid groups (broad SMARTS) is 1. The van der Waals surface area contributed by atoms with Crippen LogP contribution in [0.2, 0.25) is 5.02 Å². The number of aromatic hydroxyl groups is 2. The van der Waals surface area contributed by atoms with Gasteiger partial charge in [-0.05, 0) is 74.2 Å². The average molecular weight is 729 g/mol. The molecule has 0 spiro atoms. The van der Waals surface area contributed by atoms with Crippen LogP contribution < -0.4 is 14.5 Å². The second kappa shape index (κ2) is 11.5. The number of fused-ring (bicyclic) bond motifs is 4. The van der Waals surface area contributed by atoms with Gasteiger partial charge in [0.1, 0.15) is 28.6 Å². The number of imide groups is 2. The minimum Gasteiger partial charge on any atom is -0.508 e. The van der Waals surface area contributed by atoms with E-state index in [2.05, 4.69) is 4.74 Å². The summed E-state index contributed by atoms with van der Waals surface area (Å²) in [5.41, 5.74) is -2.33. The van der Waals surface area contributed by atoms with Crippen molar-refractivity contribution in [3.63, 3.8) is 0 Å². The highest BCUT2D eigenvalue weighted by Gasteiger charge is 2.68. The lowest BCUT2D eigenvalue weighted by atomic mass is 9.51. The topological polar surface area (TPSA) is 162 Å². The molecule has 4 aliphatic rings. The Kier molecular flexibility index (Phi) is 7.71. The van der Waals surface area contributed by atoms with Crippen LogP contribution in [0.3, 0.4) is 0 Å². The van der Waals surface area contributed by atoms with Crippen molar-refractivity contribution < 1.29 is 61.6 Å². The third-order valence-corrected chi connectivity index (χ3v) is 10.7. The number of benzene rings is 3. The second-order valence-corrected chi connectivity index (χ2v) is 13.5. The molecule has 3 fully saturated rings. The Morgan fingerprint density at radius 1 is 0.902 bits per heavy atom.